The first-order valence-electron chi connectivity index (χ1n) is 9.65. The van der Waals surface area contributed by atoms with Gasteiger partial charge >= 0.3 is 0 Å². The maximum Gasteiger partial charge on any atom is 0.241 e. The molecule has 0 spiro atoms. The molecule has 8 heteroatoms. The second-order valence-electron chi connectivity index (χ2n) is 6.95. The van der Waals surface area contributed by atoms with Crippen LogP contribution in [-0.2, 0) is 13.1 Å². The highest BCUT2D eigenvalue weighted by molar-refractivity contribution is 5.60. The van der Waals surface area contributed by atoms with Gasteiger partial charge in [-0.2, -0.15) is 4.98 Å². The van der Waals surface area contributed by atoms with E-state index in [1.807, 2.05) is 36.5 Å². The molecule has 2 aromatic heterocycles. The molecule has 29 heavy (non-hydrogen) atoms. The van der Waals surface area contributed by atoms with Crippen molar-refractivity contribution in [3.05, 3.63) is 54.2 Å². The summed E-state index contributed by atoms with van der Waals surface area (Å²) in [5.74, 6) is 2.48. The number of nitrogens with zero attached hydrogens (tertiary/aromatic N) is 5. The van der Waals surface area contributed by atoms with Crippen molar-refractivity contribution in [2.45, 2.75) is 13.1 Å². The van der Waals surface area contributed by atoms with Crippen LogP contribution in [-0.4, -0.2) is 65.3 Å². The summed E-state index contributed by atoms with van der Waals surface area (Å²) in [5.41, 5.74) is 1.94. The lowest BCUT2D eigenvalue weighted by atomic mass is 10.2. The molecule has 3 aromatic rings. The fourth-order valence-corrected chi connectivity index (χ4v) is 3.43. The molecule has 0 unspecified atom stereocenters. The lowest BCUT2D eigenvalue weighted by Gasteiger charge is -2.33. The highest BCUT2D eigenvalue weighted by atomic mass is 16.5. The van der Waals surface area contributed by atoms with Crippen LogP contribution in [0.4, 0.5) is 0 Å². The van der Waals surface area contributed by atoms with Crippen molar-refractivity contribution in [1.29, 1.82) is 0 Å². The first-order chi connectivity index (χ1) is 14.2. The van der Waals surface area contributed by atoms with Crippen LogP contribution in [0.15, 0.2) is 47.1 Å². The van der Waals surface area contributed by atoms with E-state index in [2.05, 4.69) is 31.0 Å². The molecule has 0 amide bonds. The maximum atomic E-state index is 5.48. The normalized spacial score (nSPS) is 15.4. The van der Waals surface area contributed by atoms with Crippen LogP contribution in [0.25, 0.3) is 11.4 Å². The third-order valence-electron chi connectivity index (χ3n) is 5.05. The predicted molar refractivity (Wildman–Crippen MR) is 108 cm³/mol. The molecule has 0 atom stereocenters. The van der Waals surface area contributed by atoms with Gasteiger partial charge in [0.15, 0.2) is 11.5 Å². The molecular weight excluding hydrogens is 370 g/mol. The SMILES string of the molecule is COc1ccc(-c2noc(CN3CCN(Cc4ccccn4)CC3)n2)cc1OC. The van der Waals surface area contributed by atoms with E-state index in [0.29, 0.717) is 29.8 Å². The number of methoxy groups -OCH3 is 2. The van der Waals surface area contributed by atoms with Gasteiger partial charge in [-0.3, -0.25) is 14.8 Å². The van der Waals surface area contributed by atoms with Crippen LogP contribution >= 0.6 is 0 Å². The van der Waals surface area contributed by atoms with Crippen molar-refractivity contribution in [1.82, 2.24) is 24.9 Å². The van der Waals surface area contributed by atoms with E-state index in [-0.39, 0.29) is 0 Å². The molecule has 4 rings (SSSR count). The van der Waals surface area contributed by atoms with Gasteiger partial charge in [-0.25, -0.2) is 0 Å². The molecule has 0 aliphatic carbocycles. The fourth-order valence-electron chi connectivity index (χ4n) is 3.43. The summed E-state index contributed by atoms with van der Waals surface area (Å²) in [6, 6.07) is 11.6. The number of hydrogen-bond acceptors (Lipinski definition) is 8. The minimum atomic E-state index is 0.551. The molecule has 0 N–H and O–H groups in total. The largest absolute Gasteiger partial charge is 0.493 e. The zero-order chi connectivity index (χ0) is 20.1. The van der Waals surface area contributed by atoms with Crippen LogP contribution in [0.1, 0.15) is 11.6 Å². The van der Waals surface area contributed by atoms with Crippen molar-refractivity contribution in [3.63, 3.8) is 0 Å². The van der Waals surface area contributed by atoms with E-state index in [0.717, 1.165) is 44.0 Å². The highest BCUT2D eigenvalue weighted by Crippen LogP contribution is 2.31. The van der Waals surface area contributed by atoms with Crippen molar-refractivity contribution in [2.24, 2.45) is 0 Å². The molecule has 1 fully saturated rings. The molecule has 1 aliphatic heterocycles. The van der Waals surface area contributed by atoms with Crippen molar-refractivity contribution in [3.8, 4) is 22.9 Å². The highest BCUT2D eigenvalue weighted by Gasteiger charge is 2.20. The Bertz CT molecular complexity index is 923. The van der Waals surface area contributed by atoms with Gasteiger partial charge in [-0.05, 0) is 30.3 Å². The number of aromatic nitrogens is 3. The van der Waals surface area contributed by atoms with Gasteiger partial charge in [0.2, 0.25) is 11.7 Å². The molecule has 152 valence electrons. The smallest absolute Gasteiger partial charge is 0.241 e. The number of ether oxygens (including phenoxy) is 2. The minimum Gasteiger partial charge on any atom is -0.493 e. The number of pyridine rings is 1. The van der Waals surface area contributed by atoms with E-state index < -0.39 is 0 Å². The van der Waals surface area contributed by atoms with Gasteiger partial charge in [0, 0.05) is 44.5 Å². The summed E-state index contributed by atoms with van der Waals surface area (Å²) in [5, 5.41) is 4.13. The molecule has 1 aliphatic rings. The summed E-state index contributed by atoms with van der Waals surface area (Å²) < 4.78 is 16.1. The Morgan fingerprint density at radius 3 is 2.38 bits per heavy atom. The quantitative estimate of drug-likeness (QED) is 0.604. The summed E-state index contributed by atoms with van der Waals surface area (Å²) in [6.45, 7) is 5.44. The van der Waals surface area contributed by atoms with Gasteiger partial charge in [-0.15, -0.1) is 0 Å². The van der Waals surface area contributed by atoms with Gasteiger partial charge in [-0.1, -0.05) is 11.2 Å². The van der Waals surface area contributed by atoms with Gasteiger partial charge in [0.1, 0.15) is 0 Å². The Hall–Kier alpha value is -2.97. The van der Waals surface area contributed by atoms with Gasteiger partial charge in [0.25, 0.3) is 0 Å². The van der Waals surface area contributed by atoms with Crippen LogP contribution in [0.5, 0.6) is 11.5 Å². The number of rotatable bonds is 7. The zero-order valence-corrected chi connectivity index (χ0v) is 16.7. The minimum absolute atomic E-state index is 0.551. The average Bonchev–Trinajstić information content (AvgIpc) is 3.24. The van der Waals surface area contributed by atoms with E-state index in [1.54, 1.807) is 14.2 Å². The number of benzene rings is 1. The summed E-state index contributed by atoms with van der Waals surface area (Å²) >= 11 is 0. The third kappa shape index (κ3) is 4.72. The van der Waals surface area contributed by atoms with Crippen molar-refractivity contribution < 1.29 is 14.0 Å². The topological polar surface area (TPSA) is 76.8 Å². The lowest BCUT2D eigenvalue weighted by molar-refractivity contribution is 0.111. The Morgan fingerprint density at radius 1 is 0.931 bits per heavy atom. The molecule has 1 saturated heterocycles. The van der Waals surface area contributed by atoms with E-state index in [4.69, 9.17) is 14.0 Å². The molecule has 0 radical (unpaired) electrons. The second-order valence-corrected chi connectivity index (χ2v) is 6.95. The second kappa shape index (κ2) is 9.02. The van der Waals surface area contributed by atoms with Crippen molar-refractivity contribution in [2.75, 3.05) is 40.4 Å². The van der Waals surface area contributed by atoms with Crippen molar-refractivity contribution >= 4 is 0 Å². The molecule has 0 saturated carbocycles. The molecule has 8 nitrogen and oxygen atoms in total. The van der Waals surface area contributed by atoms with Crippen LogP contribution in [0.3, 0.4) is 0 Å². The Balaban J connectivity index is 1.33. The monoisotopic (exact) mass is 395 g/mol. The Kier molecular flexibility index (Phi) is 6.02. The lowest BCUT2D eigenvalue weighted by Crippen LogP contribution is -2.45. The van der Waals surface area contributed by atoms with E-state index in [9.17, 15) is 0 Å². The summed E-state index contributed by atoms with van der Waals surface area (Å²) in [6.07, 6.45) is 1.84. The third-order valence-corrected chi connectivity index (χ3v) is 5.05. The predicted octanol–water partition coefficient (Wildman–Crippen LogP) is 2.47. The fraction of sp³-hybridized carbons (Fsp3) is 0.381. The first kappa shape index (κ1) is 19.4. The molecule has 1 aromatic carbocycles. The van der Waals surface area contributed by atoms with Crippen LogP contribution in [0.2, 0.25) is 0 Å². The molecule has 0 bridgehead atoms. The van der Waals surface area contributed by atoms with Gasteiger partial charge in [0.05, 0.1) is 26.5 Å². The summed E-state index contributed by atoms with van der Waals surface area (Å²) in [7, 11) is 3.22. The van der Waals surface area contributed by atoms with E-state index in [1.165, 1.54) is 0 Å². The van der Waals surface area contributed by atoms with Gasteiger partial charge < -0.3 is 14.0 Å². The summed E-state index contributed by atoms with van der Waals surface area (Å²) in [4.78, 5) is 13.7. The first-order valence-corrected chi connectivity index (χ1v) is 9.65. The van der Waals surface area contributed by atoms with Crippen LogP contribution in [0, 0.1) is 0 Å². The zero-order valence-electron chi connectivity index (χ0n) is 16.7. The maximum absolute atomic E-state index is 5.48. The Labute approximate surface area is 170 Å². The average molecular weight is 395 g/mol. The standard InChI is InChI=1S/C21H25N5O3/c1-27-18-7-6-16(13-19(18)28-2)21-23-20(29-24-21)15-26-11-9-25(10-12-26)14-17-5-3-4-8-22-17/h3-8,13H,9-12,14-15H2,1-2H3. The Morgan fingerprint density at radius 2 is 1.69 bits per heavy atom. The number of hydrogen-bond donors (Lipinski definition) is 0. The number of piperazine rings is 1. The van der Waals surface area contributed by atoms with Crippen LogP contribution < -0.4 is 9.47 Å². The van der Waals surface area contributed by atoms with E-state index >= 15 is 0 Å². The molecule has 3 heterocycles. The molecular formula is C21H25N5O3.